The molecule has 0 bridgehead atoms. The van der Waals surface area contributed by atoms with E-state index in [2.05, 4.69) is 31.6 Å². The molecular formula is C19H30BrIN4O2. The number of nitrogens with zero attached hydrogens (tertiary/aromatic N) is 2. The zero-order valence-electron chi connectivity index (χ0n) is 16.5. The summed E-state index contributed by atoms with van der Waals surface area (Å²) in [6.07, 6.45) is 4.05. The molecule has 0 saturated heterocycles. The molecule has 2 rings (SSSR count). The first kappa shape index (κ1) is 24.0. The highest BCUT2D eigenvalue weighted by Gasteiger charge is 2.42. The first-order chi connectivity index (χ1) is 12.4. The number of nitrogens with one attached hydrogen (secondary N) is 2. The van der Waals surface area contributed by atoms with E-state index < -0.39 is 0 Å². The molecule has 2 N–H and O–H groups in total. The minimum atomic E-state index is -0.325. The van der Waals surface area contributed by atoms with Gasteiger partial charge in [-0.15, -0.1) is 24.0 Å². The summed E-state index contributed by atoms with van der Waals surface area (Å²) in [4.78, 5) is 18.7. The lowest BCUT2D eigenvalue weighted by Gasteiger charge is -2.31. The molecule has 0 aromatic heterocycles. The number of benzene rings is 1. The van der Waals surface area contributed by atoms with Gasteiger partial charge in [0.2, 0.25) is 5.91 Å². The Bertz CT molecular complexity index is 661. The summed E-state index contributed by atoms with van der Waals surface area (Å²) in [5.74, 6) is 1.71. The quantitative estimate of drug-likeness (QED) is 0.322. The second kappa shape index (κ2) is 11.1. The van der Waals surface area contributed by atoms with Gasteiger partial charge in [-0.25, -0.2) is 0 Å². The van der Waals surface area contributed by atoms with Crippen LogP contribution in [0.15, 0.2) is 27.7 Å². The summed E-state index contributed by atoms with van der Waals surface area (Å²) in [7, 11) is 7.06. The fourth-order valence-electron chi connectivity index (χ4n) is 3.53. The van der Waals surface area contributed by atoms with E-state index >= 15 is 0 Å². The lowest BCUT2D eigenvalue weighted by molar-refractivity contribution is -0.138. The fourth-order valence-corrected chi connectivity index (χ4v) is 3.94. The van der Waals surface area contributed by atoms with E-state index in [1.807, 2.05) is 32.3 Å². The van der Waals surface area contributed by atoms with Crippen molar-refractivity contribution in [3.8, 4) is 5.75 Å². The van der Waals surface area contributed by atoms with E-state index in [0.29, 0.717) is 19.0 Å². The lowest BCUT2D eigenvalue weighted by atomic mass is 9.84. The first-order valence-corrected chi connectivity index (χ1v) is 9.70. The highest BCUT2D eigenvalue weighted by atomic mass is 127. The van der Waals surface area contributed by atoms with E-state index in [1.54, 1.807) is 19.1 Å². The number of ether oxygens (including phenoxy) is 1. The maximum atomic E-state index is 12.7. The molecule has 0 radical (unpaired) electrons. The van der Waals surface area contributed by atoms with Crippen molar-refractivity contribution in [1.29, 1.82) is 0 Å². The van der Waals surface area contributed by atoms with Crippen molar-refractivity contribution in [3.05, 3.63) is 28.2 Å². The van der Waals surface area contributed by atoms with Crippen LogP contribution in [0, 0.1) is 5.41 Å². The molecule has 0 spiro atoms. The number of methoxy groups -OCH3 is 1. The number of aliphatic imine (C=N–C) groups is 1. The number of rotatable bonds is 6. The van der Waals surface area contributed by atoms with Crippen LogP contribution in [0.4, 0.5) is 0 Å². The molecule has 1 aromatic carbocycles. The van der Waals surface area contributed by atoms with Gasteiger partial charge < -0.3 is 20.3 Å². The van der Waals surface area contributed by atoms with Crippen molar-refractivity contribution >= 4 is 51.8 Å². The lowest BCUT2D eigenvalue weighted by Crippen LogP contribution is -2.49. The van der Waals surface area contributed by atoms with Crippen LogP contribution in [-0.2, 0) is 11.3 Å². The number of hydrogen-bond donors (Lipinski definition) is 2. The SMILES string of the molecule is CN=C(NCc1cc(Br)ccc1OC)NCC1(C(=O)N(C)C)CCCC1.I. The molecule has 6 nitrogen and oxygen atoms in total. The third-order valence-electron chi connectivity index (χ3n) is 4.93. The Kier molecular flexibility index (Phi) is 9.86. The van der Waals surface area contributed by atoms with Gasteiger partial charge in [0, 0.05) is 44.3 Å². The molecule has 0 unspecified atom stereocenters. The molecule has 0 atom stereocenters. The monoisotopic (exact) mass is 552 g/mol. The highest BCUT2D eigenvalue weighted by molar-refractivity contribution is 14.0. The summed E-state index contributed by atoms with van der Waals surface area (Å²) < 4.78 is 6.41. The molecule has 1 fully saturated rings. The van der Waals surface area contributed by atoms with Crippen molar-refractivity contribution in [3.63, 3.8) is 0 Å². The summed E-state index contributed by atoms with van der Waals surface area (Å²) in [5.41, 5.74) is 0.707. The standard InChI is InChI=1S/C19H29BrN4O2.HI/c1-21-18(22-12-14-11-15(20)7-8-16(14)26-4)23-13-19(9-5-6-10-19)17(25)24(2)3;/h7-8,11H,5-6,9-10,12-13H2,1-4H3,(H2,21,22,23);1H. The van der Waals surface area contributed by atoms with Gasteiger partial charge in [-0.2, -0.15) is 0 Å². The Morgan fingerprint density at radius 3 is 2.52 bits per heavy atom. The zero-order chi connectivity index (χ0) is 19.2. The van der Waals surface area contributed by atoms with Gasteiger partial charge in [0.1, 0.15) is 5.75 Å². The average molecular weight is 553 g/mol. The minimum absolute atomic E-state index is 0. The minimum Gasteiger partial charge on any atom is -0.496 e. The van der Waals surface area contributed by atoms with E-state index in [-0.39, 0.29) is 35.3 Å². The second-order valence-electron chi connectivity index (χ2n) is 6.92. The topological polar surface area (TPSA) is 66.0 Å². The van der Waals surface area contributed by atoms with Crippen molar-refractivity contribution < 1.29 is 9.53 Å². The van der Waals surface area contributed by atoms with Crippen molar-refractivity contribution in [2.45, 2.75) is 32.2 Å². The van der Waals surface area contributed by atoms with E-state index in [0.717, 1.165) is 41.5 Å². The van der Waals surface area contributed by atoms with Crippen LogP contribution < -0.4 is 15.4 Å². The molecule has 1 aromatic rings. The molecule has 0 heterocycles. The van der Waals surface area contributed by atoms with Crippen LogP contribution in [0.25, 0.3) is 0 Å². The van der Waals surface area contributed by atoms with Crippen LogP contribution in [0.1, 0.15) is 31.2 Å². The van der Waals surface area contributed by atoms with Crippen LogP contribution >= 0.6 is 39.9 Å². The summed E-state index contributed by atoms with van der Waals surface area (Å²) in [6.45, 7) is 1.18. The normalized spacial score (nSPS) is 15.7. The Labute approximate surface area is 187 Å². The van der Waals surface area contributed by atoms with Crippen LogP contribution in [-0.4, -0.2) is 51.6 Å². The van der Waals surface area contributed by atoms with E-state index in [1.165, 1.54) is 0 Å². The van der Waals surface area contributed by atoms with Crippen molar-refractivity contribution in [2.24, 2.45) is 10.4 Å². The van der Waals surface area contributed by atoms with Gasteiger partial charge in [-0.3, -0.25) is 9.79 Å². The Morgan fingerprint density at radius 2 is 1.96 bits per heavy atom. The number of hydrogen-bond acceptors (Lipinski definition) is 3. The molecule has 0 aliphatic heterocycles. The molecule has 1 saturated carbocycles. The summed E-state index contributed by atoms with van der Waals surface area (Å²) >= 11 is 3.49. The van der Waals surface area contributed by atoms with Gasteiger partial charge in [-0.1, -0.05) is 28.8 Å². The number of guanidine groups is 1. The van der Waals surface area contributed by atoms with Gasteiger partial charge in [0.05, 0.1) is 12.5 Å². The zero-order valence-corrected chi connectivity index (χ0v) is 20.4. The van der Waals surface area contributed by atoms with Crippen molar-refractivity contribution in [1.82, 2.24) is 15.5 Å². The third-order valence-corrected chi connectivity index (χ3v) is 5.42. The van der Waals surface area contributed by atoms with Gasteiger partial charge in [0.25, 0.3) is 0 Å². The highest BCUT2D eigenvalue weighted by Crippen LogP contribution is 2.38. The fraction of sp³-hybridized carbons (Fsp3) is 0.579. The summed E-state index contributed by atoms with van der Waals surface area (Å²) in [5, 5.41) is 6.66. The van der Waals surface area contributed by atoms with Crippen LogP contribution in [0.5, 0.6) is 5.75 Å². The molecule has 1 amide bonds. The maximum Gasteiger partial charge on any atom is 0.230 e. The molecule has 27 heavy (non-hydrogen) atoms. The molecular weight excluding hydrogens is 523 g/mol. The van der Waals surface area contributed by atoms with Gasteiger partial charge >= 0.3 is 0 Å². The third kappa shape index (κ3) is 6.23. The maximum absolute atomic E-state index is 12.7. The molecule has 1 aliphatic carbocycles. The number of carbonyl (C=O) groups is 1. The molecule has 1 aliphatic rings. The summed E-state index contributed by atoms with van der Waals surface area (Å²) in [6, 6.07) is 5.90. The smallest absolute Gasteiger partial charge is 0.230 e. The Balaban J connectivity index is 0.00000364. The number of amides is 1. The second-order valence-corrected chi connectivity index (χ2v) is 7.84. The van der Waals surface area contributed by atoms with E-state index in [4.69, 9.17) is 4.74 Å². The average Bonchev–Trinajstić information content (AvgIpc) is 3.11. The number of carbonyl (C=O) groups excluding carboxylic acids is 1. The Hall–Kier alpha value is -1.03. The van der Waals surface area contributed by atoms with Gasteiger partial charge in [-0.05, 0) is 31.0 Å². The first-order valence-electron chi connectivity index (χ1n) is 8.90. The predicted octanol–water partition coefficient (Wildman–Crippen LogP) is 3.39. The Morgan fingerprint density at radius 1 is 1.30 bits per heavy atom. The largest absolute Gasteiger partial charge is 0.496 e. The van der Waals surface area contributed by atoms with Crippen LogP contribution in [0.2, 0.25) is 0 Å². The number of halogens is 2. The van der Waals surface area contributed by atoms with Gasteiger partial charge in [0.15, 0.2) is 5.96 Å². The molecule has 8 heteroatoms. The van der Waals surface area contributed by atoms with E-state index in [9.17, 15) is 4.79 Å². The molecule has 152 valence electrons. The van der Waals surface area contributed by atoms with Crippen molar-refractivity contribution in [2.75, 3.05) is 34.8 Å². The predicted molar refractivity (Wildman–Crippen MR) is 124 cm³/mol. The van der Waals surface area contributed by atoms with Crippen LogP contribution in [0.3, 0.4) is 0 Å².